The van der Waals surface area contributed by atoms with Gasteiger partial charge in [-0.25, -0.2) is 0 Å². The summed E-state index contributed by atoms with van der Waals surface area (Å²) in [5.41, 5.74) is 0.441. The van der Waals surface area contributed by atoms with Crippen molar-refractivity contribution in [1.29, 1.82) is 0 Å². The summed E-state index contributed by atoms with van der Waals surface area (Å²) in [5.74, 6) is 0.107. The van der Waals surface area contributed by atoms with Gasteiger partial charge in [0.25, 0.3) is 5.91 Å². The number of hydrogen-bond donors (Lipinski definition) is 0. The summed E-state index contributed by atoms with van der Waals surface area (Å²) in [5, 5.41) is 0.694. The zero-order chi connectivity index (χ0) is 17.8. The smallest absolute Gasteiger partial charge is 0.255 e. The van der Waals surface area contributed by atoms with Gasteiger partial charge in [-0.3, -0.25) is 14.5 Å². The van der Waals surface area contributed by atoms with E-state index in [2.05, 4.69) is 4.90 Å². The lowest BCUT2D eigenvalue weighted by atomic mass is 10.2. The molecule has 25 heavy (non-hydrogen) atoms. The fraction of sp³-hybridized carbons (Fsp3) is 0.556. The number of carbonyl (C=O) groups excluding carboxylic acids is 2. The molecular formula is C18H23Cl2N3O2. The average Bonchev–Trinajstić information content (AvgIpc) is 3.04. The molecule has 136 valence electrons. The average molecular weight is 384 g/mol. The molecule has 7 heteroatoms. The van der Waals surface area contributed by atoms with Gasteiger partial charge in [0.1, 0.15) is 0 Å². The number of nitrogens with zero attached hydrogens (tertiary/aromatic N) is 3. The lowest BCUT2D eigenvalue weighted by molar-refractivity contribution is -0.131. The van der Waals surface area contributed by atoms with Gasteiger partial charge in [-0.1, -0.05) is 29.3 Å². The molecule has 0 bridgehead atoms. The highest BCUT2D eigenvalue weighted by molar-refractivity contribution is 6.43. The van der Waals surface area contributed by atoms with Crippen molar-refractivity contribution in [1.82, 2.24) is 14.7 Å². The fourth-order valence-electron chi connectivity index (χ4n) is 3.43. The number of carbonyl (C=O) groups is 2. The Labute approximate surface area is 158 Å². The summed E-state index contributed by atoms with van der Waals surface area (Å²) >= 11 is 12.2. The van der Waals surface area contributed by atoms with Crippen molar-refractivity contribution in [2.24, 2.45) is 0 Å². The molecule has 0 aromatic heterocycles. The van der Waals surface area contributed by atoms with E-state index in [0.29, 0.717) is 41.8 Å². The lowest BCUT2D eigenvalue weighted by Crippen LogP contribution is -2.41. The van der Waals surface area contributed by atoms with Gasteiger partial charge in [0, 0.05) is 39.3 Å². The number of halogens is 2. The van der Waals surface area contributed by atoms with E-state index >= 15 is 0 Å². The maximum atomic E-state index is 12.8. The Balaban J connectivity index is 1.58. The molecule has 0 unspecified atom stereocenters. The van der Waals surface area contributed by atoms with Crippen LogP contribution in [0.5, 0.6) is 0 Å². The summed E-state index contributed by atoms with van der Waals surface area (Å²) in [6, 6.07) is 5.12. The molecule has 0 N–H and O–H groups in total. The molecule has 2 saturated heterocycles. The topological polar surface area (TPSA) is 43.9 Å². The van der Waals surface area contributed by atoms with Gasteiger partial charge in [-0.15, -0.1) is 0 Å². The molecule has 0 aliphatic carbocycles. The molecule has 2 heterocycles. The first kappa shape index (κ1) is 18.5. The van der Waals surface area contributed by atoms with Crippen LogP contribution >= 0.6 is 23.2 Å². The Morgan fingerprint density at radius 3 is 2.36 bits per heavy atom. The van der Waals surface area contributed by atoms with Crippen LogP contribution in [0.2, 0.25) is 10.0 Å². The first-order valence-electron chi connectivity index (χ1n) is 8.79. The number of benzene rings is 1. The quantitative estimate of drug-likeness (QED) is 0.805. The van der Waals surface area contributed by atoms with Crippen molar-refractivity contribution in [3.8, 4) is 0 Å². The van der Waals surface area contributed by atoms with Gasteiger partial charge in [0.05, 0.1) is 22.2 Å². The van der Waals surface area contributed by atoms with Crippen molar-refractivity contribution < 1.29 is 9.59 Å². The predicted molar refractivity (Wildman–Crippen MR) is 99.2 cm³/mol. The third kappa shape index (κ3) is 4.46. The maximum Gasteiger partial charge on any atom is 0.255 e. The molecule has 0 radical (unpaired) electrons. The van der Waals surface area contributed by atoms with Gasteiger partial charge in [-0.2, -0.15) is 0 Å². The van der Waals surface area contributed by atoms with Crippen LogP contribution in [0.25, 0.3) is 0 Å². The van der Waals surface area contributed by atoms with Crippen LogP contribution in [0.15, 0.2) is 18.2 Å². The molecule has 0 spiro atoms. The number of hydrogen-bond acceptors (Lipinski definition) is 3. The number of rotatable bonds is 3. The highest BCUT2D eigenvalue weighted by Crippen LogP contribution is 2.26. The van der Waals surface area contributed by atoms with E-state index in [-0.39, 0.29) is 11.8 Å². The predicted octanol–water partition coefficient (Wildman–Crippen LogP) is 2.76. The summed E-state index contributed by atoms with van der Waals surface area (Å²) in [6.45, 7) is 4.98. The Kier molecular flexibility index (Phi) is 6.20. The van der Waals surface area contributed by atoms with E-state index in [0.717, 1.165) is 38.9 Å². The summed E-state index contributed by atoms with van der Waals surface area (Å²) in [4.78, 5) is 31.0. The number of amides is 2. The van der Waals surface area contributed by atoms with Crippen LogP contribution in [0.4, 0.5) is 0 Å². The third-order valence-corrected chi connectivity index (χ3v) is 5.69. The second-order valence-electron chi connectivity index (χ2n) is 6.61. The van der Waals surface area contributed by atoms with E-state index in [1.807, 2.05) is 4.90 Å². The number of likely N-dealkylation sites (tertiary alicyclic amines) is 1. The second-order valence-corrected chi connectivity index (χ2v) is 7.40. The molecule has 2 aliphatic rings. The van der Waals surface area contributed by atoms with E-state index in [4.69, 9.17) is 23.2 Å². The van der Waals surface area contributed by atoms with Crippen LogP contribution < -0.4 is 0 Å². The van der Waals surface area contributed by atoms with E-state index in [1.54, 1.807) is 23.1 Å². The second kappa shape index (κ2) is 8.39. The Bertz CT molecular complexity index is 647. The van der Waals surface area contributed by atoms with Crippen molar-refractivity contribution >= 4 is 35.0 Å². The van der Waals surface area contributed by atoms with Gasteiger partial charge >= 0.3 is 0 Å². The van der Waals surface area contributed by atoms with Crippen LogP contribution in [0.1, 0.15) is 29.6 Å². The van der Waals surface area contributed by atoms with Crippen LogP contribution in [-0.2, 0) is 4.79 Å². The molecule has 1 aromatic rings. The summed E-state index contributed by atoms with van der Waals surface area (Å²) in [7, 11) is 0. The highest BCUT2D eigenvalue weighted by Gasteiger charge is 2.25. The SMILES string of the molecule is O=C(CN1CCCN(C(=O)c2cccc(Cl)c2Cl)CC1)N1CCCC1. The minimum atomic E-state index is -0.0970. The minimum Gasteiger partial charge on any atom is -0.342 e. The largest absolute Gasteiger partial charge is 0.342 e. The molecular weight excluding hydrogens is 361 g/mol. The van der Waals surface area contributed by atoms with Crippen molar-refractivity contribution in [2.45, 2.75) is 19.3 Å². The highest BCUT2D eigenvalue weighted by atomic mass is 35.5. The minimum absolute atomic E-state index is 0.0970. The van der Waals surface area contributed by atoms with Gasteiger partial charge in [0.2, 0.25) is 5.91 Å². The molecule has 0 atom stereocenters. The standard InChI is InChI=1S/C18H23Cl2N3O2/c19-15-6-3-5-14(17(15)20)18(25)23-10-4-7-21(11-12-23)13-16(24)22-8-1-2-9-22/h3,5-6H,1-2,4,7-13H2. The van der Waals surface area contributed by atoms with Crippen molar-refractivity contribution in [3.63, 3.8) is 0 Å². The van der Waals surface area contributed by atoms with Gasteiger partial charge < -0.3 is 9.80 Å². The van der Waals surface area contributed by atoms with Gasteiger partial charge in [-0.05, 0) is 31.4 Å². The Morgan fingerprint density at radius 1 is 0.880 bits per heavy atom. The normalized spacial score (nSPS) is 19.1. The summed E-state index contributed by atoms with van der Waals surface area (Å²) < 4.78 is 0. The third-order valence-electron chi connectivity index (χ3n) is 4.88. The zero-order valence-electron chi connectivity index (χ0n) is 14.2. The Morgan fingerprint density at radius 2 is 1.60 bits per heavy atom. The fourth-order valence-corrected chi connectivity index (χ4v) is 3.81. The summed E-state index contributed by atoms with van der Waals surface area (Å²) in [6.07, 6.45) is 3.06. The molecule has 0 saturated carbocycles. The van der Waals surface area contributed by atoms with Crippen LogP contribution in [0, 0.1) is 0 Å². The molecule has 1 aromatic carbocycles. The van der Waals surface area contributed by atoms with E-state index in [9.17, 15) is 9.59 Å². The first-order chi connectivity index (χ1) is 12.1. The lowest BCUT2D eigenvalue weighted by Gasteiger charge is -2.24. The van der Waals surface area contributed by atoms with E-state index in [1.165, 1.54) is 0 Å². The molecule has 2 fully saturated rings. The van der Waals surface area contributed by atoms with Crippen molar-refractivity contribution in [2.75, 3.05) is 45.8 Å². The molecule has 2 amide bonds. The first-order valence-corrected chi connectivity index (χ1v) is 9.55. The Hall–Kier alpha value is -1.30. The maximum absolute atomic E-state index is 12.8. The van der Waals surface area contributed by atoms with Crippen molar-refractivity contribution in [3.05, 3.63) is 33.8 Å². The monoisotopic (exact) mass is 383 g/mol. The van der Waals surface area contributed by atoms with Crippen LogP contribution in [-0.4, -0.2) is 72.3 Å². The molecule has 5 nitrogen and oxygen atoms in total. The molecule has 3 rings (SSSR count). The van der Waals surface area contributed by atoms with Crippen LogP contribution in [0.3, 0.4) is 0 Å². The van der Waals surface area contributed by atoms with E-state index < -0.39 is 0 Å². The van der Waals surface area contributed by atoms with Gasteiger partial charge in [0.15, 0.2) is 0 Å². The molecule has 2 aliphatic heterocycles. The zero-order valence-corrected chi connectivity index (χ0v) is 15.7.